The van der Waals surface area contributed by atoms with Gasteiger partial charge in [-0.3, -0.25) is 9.59 Å². The van der Waals surface area contributed by atoms with E-state index in [2.05, 4.69) is 13.8 Å². The molecule has 3 unspecified atom stereocenters. The third-order valence-corrected chi connectivity index (χ3v) is 6.02. The van der Waals surface area contributed by atoms with Crippen molar-refractivity contribution in [3.05, 3.63) is 0 Å². The Morgan fingerprint density at radius 2 is 1.88 bits per heavy atom. The van der Waals surface area contributed by atoms with Gasteiger partial charge in [0.1, 0.15) is 5.78 Å². The van der Waals surface area contributed by atoms with Crippen LogP contribution in [0.25, 0.3) is 0 Å². The normalized spacial score (nSPS) is 41.3. The van der Waals surface area contributed by atoms with Crippen molar-refractivity contribution in [2.24, 2.45) is 28.6 Å². The quantitative estimate of drug-likeness (QED) is 0.801. The van der Waals surface area contributed by atoms with Gasteiger partial charge < -0.3 is 5.11 Å². The number of carbonyl (C=O) groups is 2. The fourth-order valence-electron chi connectivity index (χ4n) is 4.70. The highest BCUT2D eigenvalue weighted by Gasteiger charge is 2.64. The summed E-state index contributed by atoms with van der Waals surface area (Å²) >= 11 is 0. The lowest BCUT2D eigenvalue weighted by Crippen LogP contribution is -2.61. The van der Waals surface area contributed by atoms with Crippen molar-refractivity contribution >= 4 is 11.8 Å². The van der Waals surface area contributed by atoms with Crippen molar-refractivity contribution in [2.45, 2.75) is 46.0 Å². The van der Waals surface area contributed by atoms with Gasteiger partial charge >= 0.3 is 5.97 Å². The summed E-state index contributed by atoms with van der Waals surface area (Å²) in [6.07, 6.45) is 3.91. The number of fused-ring (bicyclic) bond motifs is 2. The number of carbonyl (C=O) groups excluding carboxylic acids is 1. The molecule has 0 heterocycles. The van der Waals surface area contributed by atoms with Gasteiger partial charge in [0.15, 0.2) is 0 Å². The maximum absolute atomic E-state index is 11.6. The molecule has 94 valence electrons. The van der Waals surface area contributed by atoms with Gasteiger partial charge in [-0.2, -0.15) is 0 Å². The van der Waals surface area contributed by atoms with E-state index in [1.54, 1.807) is 0 Å². The second kappa shape index (κ2) is 3.12. The van der Waals surface area contributed by atoms with Crippen LogP contribution in [0.2, 0.25) is 0 Å². The Hall–Kier alpha value is -0.860. The van der Waals surface area contributed by atoms with E-state index in [1.807, 2.05) is 0 Å². The summed E-state index contributed by atoms with van der Waals surface area (Å²) in [6, 6.07) is 0. The standard InChI is InChI=1S/C14H20O3/c1-13(2)8-3-4-10(11(13)5-8)14(12(16)17)6-9(15)7-14/h8,10-11H,3-7H2,1-2H3,(H,16,17). The van der Waals surface area contributed by atoms with Crippen molar-refractivity contribution in [1.82, 2.24) is 0 Å². The Balaban J connectivity index is 1.88. The van der Waals surface area contributed by atoms with E-state index in [1.165, 1.54) is 6.42 Å². The molecular formula is C14H20O3. The van der Waals surface area contributed by atoms with Gasteiger partial charge in [0, 0.05) is 12.8 Å². The number of hydrogen-bond acceptors (Lipinski definition) is 2. The van der Waals surface area contributed by atoms with Gasteiger partial charge in [-0.05, 0) is 42.4 Å². The molecule has 0 amide bonds. The van der Waals surface area contributed by atoms with Crippen LogP contribution >= 0.6 is 0 Å². The molecule has 3 heteroatoms. The summed E-state index contributed by atoms with van der Waals surface area (Å²) in [5.41, 5.74) is -0.408. The van der Waals surface area contributed by atoms with Crippen molar-refractivity contribution in [1.29, 1.82) is 0 Å². The van der Waals surface area contributed by atoms with E-state index in [0.29, 0.717) is 11.3 Å². The van der Waals surface area contributed by atoms with E-state index >= 15 is 0 Å². The summed E-state index contributed by atoms with van der Waals surface area (Å²) in [5, 5.41) is 9.51. The molecule has 4 rings (SSSR count). The van der Waals surface area contributed by atoms with E-state index < -0.39 is 11.4 Å². The van der Waals surface area contributed by atoms with Gasteiger partial charge in [0.05, 0.1) is 5.41 Å². The number of rotatable bonds is 2. The average molecular weight is 236 g/mol. The van der Waals surface area contributed by atoms with Crippen LogP contribution in [0.4, 0.5) is 0 Å². The van der Waals surface area contributed by atoms with E-state index in [0.717, 1.165) is 18.8 Å². The Kier molecular flexibility index (Phi) is 2.06. The van der Waals surface area contributed by atoms with Crippen molar-refractivity contribution in [3.63, 3.8) is 0 Å². The zero-order valence-corrected chi connectivity index (χ0v) is 10.5. The van der Waals surface area contributed by atoms with Crippen LogP contribution in [0.1, 0.15) is 46.0 Å². The highest BCUT2D eigenvalue weighted by molar-refractivity contribution is 5.97. The minimum Gasteiger partial charge on any atom is -0.481 e. The third-order valence-electron chi connectivity index (χ3n) is 6.02. The minimum atomic E-state index is -0.733. The predicted octanol–water partition coefficient (Wildman–Crippen LogP) is 2.49. The van der Waals surface area contributed by atoms with Crippen LogP contribution in [0, 0.1) is 28.6 Å². The number of carboxylic acid groups (broad SMARTS) is 1. The van der Waals surface area contributed by atoms with Crippen LogP contribution in [0.5, 0.6) is 0 Å². The monoisotopic (exact) mass is 236 g/mol. The second-order valence-electron chi connectivity index (χ2n) is 6.90. The fraction of sp³-hybridized carbons (Fsp3) is 0.857. The summed E-state index contributed by atoms with van der Waals surface area (Å²) < 4.78 is 0. The molecule has 0 radical (unpaired) electrons. The van der Waals surface area contributed by atoms with E-state index in [4.69, 9.17) is 0 Å². The molecule has 0 spiro atoms. The number of ketones is 1. The topological polar surface area (TPSA) is 54.4 Å². The van der Waals surface area contributed by atoms with Crippen LogP contribution in [0.3, 0.4) is 0 Å². The van der Waals surface area contributed by atoms with Gasteiger partial charge in [-0.25, -0.2) is 0 Å². The van der Waals surface area contributed by atoms with Crippen LogP contribution in [-0.4, -0.2) is 16.9 Å². The molecule has 3 nitrogen and oxygen atoms in total. The smallest absolute Gasteiger partial charge is 0.310 e. The average Bonchev–Trinajstić information content (AvgIpc) is 2.23. The minimum absolute atomic E-state index is 0.131. The molecule has 2 bridgehead atoms. The summed E-state index contributed by atoms with van der Waals surface area (Å²) in [6.45, 7) is 4.54. The van der Waals surface area contributed by atoms with E-state index in [-0.39, 0.29) is 24.5 Å². The molecule has 1 N–H and O–H groups in total. The van der Waals surface area contributed by atoms with Gasteiger partial charge in [-0.1, -0.05) is 13.8 Å². The first kappa shape index (κ1) is 11.2. The molecule has 4 aliphatic rings. The molecule has 4 aliphatic carbocycles. The molecule has 0 aromatic heterocycles. The van der Waals surface area contributed by atoms with Crippen LogP contribution in [-0.2, 0) is 9.59 Å². The summed E-state index contributed by atoms with van der Waals surface area (Å²) in [4.78, 5) is 22.8. The first-order valence-corrected chi connectivity index (χ1v) is 6.63. The zero-order chi connectivity index (χ0) is 12.4. The molecule has 0 aromatic carbocycles. The Labute approximate surface area is 102 Å². The maximum atomic E-state index is 11.6. The van der Waals surface area contributed by atoms with Crippen molar-refractivity contribution in [3.8, 4) is 0 Å². The van der Waals surface area contributed by atoms with Crippen molar-refractivity contribution < 1.29 is 14.7 Å². The molecule has 0 saturated heterocycles. The van der Waals surface area contributed by atoms with Crippen LogP contribution < -0.4 is 0 Å². The number of hydrogen-bond donors (Lipinski definition) is 1. The summed E-state index contributed by atoms with van der Waals surface area (Å²) in [5.74, 6) is 0.934. The molecule has 3 atom stereocenters. The third kappa shape index (κ3) is 1.23. The van der Waals surface area contributed by atoms with E-state index in [9.17, 15) is 14.7 Å². The lowest BCUT2D eigenvalue weighted by molar-refractivity contribution is -0.191. The first-order chi connectivity index (χ1) is 7.88. The van der Waals surface area contributed by atoms with Crippen molar-refractivity contribution in [2.75, 3.05) is 0 Å². The lowest BCUT2D eigenvalue weighted by Gasteiger charge is -2.64. The Morgan fingerprint density at radius 3 is 2.29 bits per heavy atom. The van der Waals surface area contributed by atoms with Gasteiger partial charge in [0.2, 0.25) is 0 Å². The highest BCUT2D eigenvalue weighted by atomic mass is 16.4. The Bertz CT molecular complexity index is 386. The lowest BCUT2D eigenvalue weighted by atomic mass is 9.39. The van der Waals surface area contributed by atoms with Crippen LogP contribution in [0.15, 0.2) is 0 Å². The largest absolute Gasteiger partial charge is 0.481 e. The molecule has 4 fully saturated rings. The molecular weight excluding hydrogens is 216 g/mol. The number of Topliss-reactive ketones (excluding diaryl/α,β-unsaturated/α-hetero) is 1. The molecule has 4 saturated carbocycles. The molecule has 0 aromatic rings. The summed E-state index contributed by atoms with van der Waals surface area (Å²) in [7, 11) is 0. The van der Waals surface area contributed by atoms with Gasteiger partial charge in [-0.15, -0.1) is 0 Å². The molecule has 0 aliphatic heterocycles. The number of aliphatic carboxylic acids is 1. The van der Waals surface area contributed by atoms with Gasteiger partial charge in [0.25, 0.3) is 0 Å². The first-order valence-electron chi connectivity index (χ1n) is 6.63. The second-order valence-corrected chi connectivity index (χ2v) is 6.90. The molecule has 17 heavy (non-hydrogen) atoms. The highest BCUT2D eigenvalue weighted by Crippen LogP contribution is 2.67. The Morgan fingerprint density at radius 1 is 1.24 bits per heavy atom. The predicted molar refractivity (Wildman–Crippen MR) is 62.4 cm³/mol. The maximum Gasteiger partial charge on any atom is 0.310 e. The fourth-order valence-corrected chi connectivity index (χ4v) is 4.70. The SMILES string of the molecule is CC1(C)C2CCC(C3(C(=O)O)CC(=O)C3)C1C2. The number of carboxylic acids is 1. The zero-order valence-electron chi connectivity index (χ0n) is 10.5.